The molecule has 2 rings (SSSR count). The van der Waals surface area contributed by atoms with Gasteiger partial charge in [0.05, 0.1) is 0 Å². The van der Waals surface area contributed by atoms with Gasteiger partial charge in [-0.15, -0.1) is 13.2 Å². The van der Waals surface area contributed by atoms with Gasteiger partial charge in [-0.25, -0.2) is 0 Å². The summed E-state index contributed by atoms with van der Waals surface area (Å²) in [6.07, 6.45) is -4.65. The largest absolute Gasteiger partial charge is 0.573 e. The van der Waals surface area contributed by atoms with Crippen LogP contribution in [0.15, 0.2) is 18.2 Å². The van der Waals surface area contributed by atoms with Gasteiger partial charge in [-0.2, -0.15) is 21.6 Å². The number of amides is 1. The molecule has 0 unspecified atom stereocenters. The monoisotopic (exact) mass is 393 g/mol. The predicted molar refractivity (Wildman–Crippen MR) is 69.2 cm³/mol. The molecule has 1 aromatic carbocycles. The summed E-state index contributed by atoms with van der Waals surface area (Å²) >= 11 is 0. The number of hydrogen-bond donors (Lipinski definition) is 0. The molecule has 0 radical (unpaired) electrons. The topological polar surface area (TPSA) is 72.9 Å². The Morgan fingerprint density at radius 2 is 1.64 bits per heavy atom. The lowest BCUT2D eigenvalue weighted by molar-refractivity contribution is -0.275. The molecule has 1 aromatic rings. The molecule has 0 bridgehead atoms. The van der Waals surface area contributed by atoms with Crippen molar-refractivity contribution in [1.29, 1.82) is 0 Å². The van der Waals surface area contributed by atoms with Crippen LogP contribution in [0.5, 0.6) is 11.5 Å². The fraction of sp³-hybridized carbons (Fsp3) is 0.417. The second-order valence-corrected chi connectivity index (χ2v) is 6.38. The van der Waals surface area contributed by atoms with Crippen LogP contribution in [0.2, 0.25) is 0 Å². The summed E-state index contributed by atoms with van der Waals surface area (Å²) in [5.74, 6) is -3.41. The first-order valence-corrected chi connectivity index (χ1v) is 7.91. The third kappa shape index (κ3) is 4.46. The molecule has 0 atom stereocenters. The van der Waals surface area contributed by atoms with E-state index in [1.54, 1.807) is 0 Å². The molecule has 1 aliphatic heterocycles. The number of rotatable bonds is 4. The van der Waals surface area contributed by atoms with Crippen molar-refractivity contribution in [1.82, 2.24) is 4.90 Å². The first-order valence-electron chi connectivity index (χ1n) is 6.50. The van der Waals surface area contributed by atoms with Gasteiger partial charge in [0.25, 0.3) is 5.91 Å². The summed E-state index contributed by atoms with van der Waals surface area (Å²) in [7, 11) is -6.21. The van der Waals surface area contributed by atoms with Gasteiger partial charge < -0.3 is 13.8 Å². The molecule has 0 aromatic heterocycles. The van der Waals surface area contributed by atoms with Crippen LogP contribution >= 0.6 is 0 Å². The van der Waals surface area contributed by atoms with Gasteiger partial charge in [0, 0.05) is 18.7 Å². The molecule has 1 aliphatic rings. The second kappa shape index (κ2) is 6.28. The summed E-state index contributed by atoms with van der Waals surface area (Å²) in [5.41, 5.74) is -6.18. The van der Waals surface area contributed by atoms with E-state index in [0.717, 1.165) is 6.07 Å². The molecular formula is C12H9F6NO5S. The Morgan fingerprint density at radius 3 is 2.08 bits per heavy atom. The highest BCUT2D eigenvalue weighted by molar-refractivity contribution is 7.88. The van der Waals surface area contributed by atoms with Gasteiger partial charge in [0.15, 0.2) is 11.5 Å². The van der Waals surface area contributed by atoms with Crippen LogP contribution in [-0.4, -0.2) is 44.2 Å². The highest BCUT2D eigenvalue weighted by Crippen LogP contribution is 2.37. The summed E-state index contributed by atoms with van der Waals surface area (Å²) in [5, 5.41) is 0. The van der Waals surface area contributed by atoms with E-state index in [0.29, 0.717) is 31.6 Å². The Morgan fingerprint density at radius 1 is 1.04 bits per heavy atom. The molecule has 13 heteroatoms. The number of ether oxygens (including phenoxy) is 1. The third-order valence-electron chi connectivity index (χ3n) is 3.04. The maximum Gasteiger partial charge on any atom is 0.573 e. The molecule has 1 heterocycles. The summed E-state index contributed by atoms with van der Waals surface area (Å²) < 4.78 is 103. The van der Waals surface area contributed by atoms with Crippen LogP contribution in [0.25, 0.3) is 0 Å². The minimum absolute atomic E-state index is 0.323. The predicted octanol–water partition coefficient (Wildman–Crippen LogP) is 2.66. The lowest BCUT2D eigenvalue weighted by Crippen LogP contribution is -2.42. The molecule has 140 valence electrons. The van der Waals surface area contributed by atoms with E-state index in [-0.39, 0.29) is 5.56 Å². The van der Waals surface area contributed by atoms with Crippen LogP contribution in [0.3, 0.4) is 0 Å². The van der Waals surface area contributed by atoms with Gasteiger partial charge in [-0.3, -0.25) is 4.79 Å². The number of hydrogen-bond acceptors (Lipinski definition) is 5. The fourth-order valence-electron chi connectivity index (χ4n) is 1.78. The van der Waals surface area contributed by atoms with Crippen LogP contribution in [-0.2, 0) is 10.1 Å². The summed E-state index contributed by atoms with van der Waals surface area (Å²) in [6.45, 7) is 0.740. The van der Waals surface area contributed by atoms with Crippen molar-refractivity contribution in [3.05, 3.63) is 23.8 Å². The summed E-state index contributed by atoms with van der Waals surface area (Å²) in [6, 6.07) is 1.79. The zero-order valence-corrected chi connectivity index (χ0v) is 12.8. The van der Waals surface area contributed by atoms with Crippen LogP contribution < -0.4 is 8.92 Å². The molecule has 0 spiro atoms. The van der Waals surface area contributed by atoms with E-state index < -0.39 is 39.4 Å². The van der Waals surface area contributed by atoms with E-state index in [2.05, 4.69) is 8.92 Å². The fourth-order valence-corrected chi connectivity index (χ4v) is 2.25. The number of benzene rings is 1. The normalized spacial score (nSPS) is 15.5. The smallest absolute Gasteiger partial charge is 0.402 e. The van der Waals surface area contributed by atoms with Gasteiger partial charge in [0.2, 0.25) is 0 Å². The minimum Gasteiger partial charge on any atom is -0.402 e. The zero-order valence-electron chi connectivity index (χ0n) is 12.0. The highest BCUT2D eigenvalue weighted by atomic mass is 32.2. The molecule has 0 N–H and O–H groups in total. The van der Waals surface area contributed by atoms with Crippen molar-refractivity contribution >= 4 is 16.0 Å². The van der Waals surface area contributed by atoms with Crippen molar-refractivity contribution in [3.63, 3.8) is 0 Å². The van der Waals surface area contributed by atoms with Gasteiger partial charge >= 0.3 is 22.0 Å². The SMILES string of the molecule is O=C(c1ccc(OS(=O)(=O)C(F)(F)F)c(OC(F)(F)F)c1)N1CCC1. The van der Waals surface area contributed by atoms with Crippen LogP contribution in [0.1, 0.15) is 16.8 Å². The Kier molecular flexibility index (Phi) is 4.81. The van der Waals surface area contributed by atoms with E-state index in [9.17, 15) is 39.6 Å². The molecule has 25 heavy (non-hydrogen) atoms. The number of alkyl halides is 6. The van der Waals surface area contributed by atoms with E-state index in [1.807, 2.05) is 0 Å². The van der Waals surface area contributed by atoms with Crippen LogP contribution in [0.4, 0.5) is 26.3 Å². The summed E-state index contributed by atoms with van der Waals surface area (Å²) in [4.78, 5) is 13.2. The van der Waals surface area contributed by atoms with Gasteiger partial charge in [-0.1, -0.05) is 0 Å². The zero-order chi connectivity index (χ0) is 19.0. The lowest BCUT2D eigenvalue weighted by Gasteiger charge is -2.31. The molecule has 0 aliphatic carbocycles. The first kappa shape index (κ1) is 19.1. The van der Waals surface area contributed by atoms with Gasteiger partial charge in [-0.05, 0) is 24.6 Å². The molecule has 6 nitrogen and oxygen atoms in total. The van der Waals surface area contributed by atoms with E-state index in [4.69, 9.17) is 0 Å². The standard InChI is InChI=1S/C12H9F6NO5S/c13-11(14,15)23-9-6-7(10(20)19-4-1-5-19)2-3-8(9)24-25(21,22)12(16,17)18/h2-3,6H,1,4-5H2. The van der Waals surface area contributed by atoms with Gasteiger partial charge in [0.1, 0.15) is 0 Å². The number of likely N-dealkylation sites (tertiary alicyclic amines) is 1. The molecule has 1 saturated heterocycles. The van der Waals surface area contributed by atoms with Crippen molar-refractivity contribution in [2.75, 3.05) is 13.1 Å². The quantitative estimate of drug-likeness (QED) is 0.447. The Balaban J connectivity index is 2.39. The van der Waals surface area contributed by atoms with Crippen molar-refractivity contribution < 1.29 is 48.5 Å². The van der Waals surface area contributed by atoms with Crippen molar-refractivity contribution in [3.8, 4) is 11.5 Å². The molecule has 1 amide bonds. The maximum absolute atomic E-state index is 12.4. The highest BCUT2D eigenvalue weighted by Gasteiger charge is 2.49. The molecule has 0 saturated carbocycles. The Hall–Kier alpha value is -2.18. The van der Waals surface area contributed by atoms with Crippen molar-refractivity contribution in [2.24, 2.45) is 0 Å². The van der Waals surface area contributed by atoms with Crippen molar-refractivity contribution in [2.45, 2.75) is 18.3 Å². The Bertz CT molecular complexity index is 769. The third-order valence-corrected chi connectivity index (χ3v) is 4.01. The maximum atomic E-state index is 12.4. The van der Waals surface area contributed by atoms with E-state index >= 15 is 0 Å². The average molecular weight is 393 g/mol. The molecule has 1 fully saturated rings. The number of carbonyl (C=O) groups excluding carboxylic acids is 1. The Labute approximate surface area is 137 Å². The minimum atomic E-state index is -6.21. The van der Waals surface area contributed by atoms with E-state index in [1.165, 1.54) is 4.90 Å². The molecular weight excluding hydrogens is 384 g/mol. The van der Waals surface area contributed by atoms with Crippen LogP contribution in [0, 0.1) is 0 Å². The number of nitrogens with zero attached hydrogens (tertiary/aromatic N) is 1. The lowest BCUT2D eigenvalue weighted by atomic mass is 10.1. The number of halogens is 6. The average Bonchev–Trinajstić information content (AvgIpc) is 2.35. The number of carbonyl (C=O) groups is 1. The second-order valence-electron chi connectivity index (χ2n) is 4.84. The first-order chi connectivity index (χ1) is 11.3.